The van der Waals surface area contributed by atoms with Gasteiger partial charge in [-0.3, -0.25) is 0 Å². The summed E-state index contributed by atoms with van der Waals surface area (Å²) in [6, 6.07) is 4.23. The molecule has 0 N–H and O–H groups in total. The molecule has 88 valence electrons. The molecule has 3 nitrogen and oxygen atoms in total. The van der Waals surface area contributed by atoms with Crippen LogP contribution >= 0.6 is 27.5 Å². The molecule has 0 amide bonds. The van der Waals surface area contributed by atoms with Crippen molar-refractivity contribution in [1.82, 2.24) is 9.97 Å². The summed E-state index contributed by atoms with van der Waals surface area (Å²) in [4.78, 5) is 7.89. The maximum absolute atomic E-state index is 13.4. The molecule has 0 spiro atoms. The molecule has 1 aromatic carbocycles. The third-order valence-electron chi connectivity index (χ3n) is 1.93. The van der Waals surface area contributed by atoms with Gasteiger partial charge < -0.3 is 4.74 Å². The van der Waals surface area contributed by atoms with Crippen LogP contribution in [-0.4, -0.2) is 9.97 Å². The molecule has 0 fully saturated rings. The minimum Gasteiger partial charge on any atom is -0.421 e. The van der Waals surface area contributed by atoms with Gasteiger partial charge in [-0.25, -0.2) is 14.4 Å². The number of halogens is 3. The molecule has 0 aliphatic heterocycles. The Morgan fingerprint density at radius 1 is 1.29 bits per heavy atom. The highest BCUT2D eigenvalue weighted by atomic mass is 79.9. The van der Waals surface area contributed by atoms with Gasteiger partial charge in [0.15, 0.2) is 11.6 Å². The Hall–Kier alpha value is -1.20. The van der Waals surface area contributed by atoms with Gasteiger partial charge in [0.1, 0.15) is 0 Å². The van der Waals surface area contributed by atoms with E-state index >= 15 is 0 Å². The maximum Gasteiger partial charge on any atom is 0.321 e. The Kier molecular flexibility index (Phi) is 3.91. The molecule has 0 atom stereocenters. The zero-order valence-corrected chi connectivity index (χ0v) is 10.9. The van der Waals surface area contributed by atoms with Crippen LogP contribution in [0.15, 0.2) is 30.6 Å². The van der Waals surface area contributed by atoms with Crippen LogP contribution in [0.4, 0.5) is 4.39 Å². The Bertz CT molecular complexity index is 521. The van der Waals surface area contributed by atoms with Gasteiger partial charge in [0.2, 0.25) is 0 Å². The molecule has 1 heterocycles. The van der Waals surface area contributed by atoms with E-state index in [1.807, 2.05) is 0 Å². The first-order valence-electron chi connectivity index (χ1n) is 4.69. The summed E-state index contributed by atoms with van der Waals surface area (Å²) < 4.78 is 18.6. The fraction of sp³-hybridized carbons (Fsp3) is 0.0909. The Morgan fingerprint density at radius 3 is 2.59 bits per heavy atom. The summed E-state index contributed by atoms with van der Waals surface area (Å²) in [7, 11) is 0. The van der Waals surface area contributed by atoms with Crippen molar-refractivity contribution in [3.05, 3.63) is 47.0 Å². The van der Waals surface area contributed by atoms with Crippen LogP contribution in [0.3, 0.4) is 0 Å². The Labute approximate surface area is 111 Å². The number of aromatic nitrogens is 2. The summed E-state index contributed by atoms with van der Waals surface area (Å²) in [5.41, 5.74) is 0.911. The van der Waals surface area contributed by atoms with Crippen molar-refractivity contribution in [2.75, 3.05) is 0 Å². The molecule has 1 aromatic heterocycles. The van der Waals surface area contributed by atoms with E-state index in [1.54, 1.807) is 12.4 Å². The monoisotopic (exact) mass is 316 g/mol. The van der Waals surface area contributed by atoms with Crippen molar-refractivity contribution in [3.8, 4) is 11.8 Å². The van der Waals surface area contributed by atoms with Gasteiger partial charge in [-0.15, -0.1) is 0 Å². The average Bonchev–Trinajstić information content (AvgIpc) is 2.34. The van der Waals surface area contributed by atoms with Gasteiger partial charge in [0.25, 0.3) is 0 Å². The molecule has 0 aliphatic carbocycles. The quantitative estimate of drug-likeness (QED) is 0.804. The second-order valence-corrected chi connectivity index (χ2v) is 4.18. The first-order valence-corrected chi connectivity index (χ1v) is 6.19. The third kappa shape index (κ3) is 3.14. The molecule has 0 aliphatic rings. The lowest BCUT2D eigenvalue weighted by molar-refractivity contribution is 0.410. The maximum atomic E-state index is 13.4. The largest absolute Gasteiger partial charge is 0.421 e. The van der Waals surface area contributed by atoms with Crippen molar-refractivity contribution >= 4 is 27.5 Å². The molecule has 0 radical (unpaired) electrons. The lowest BCUT2D eigenvalue weighted by Gasteiger charge is -2.05. The molecule has 0 unspecified atom stereocenters. The SMILES string of the molecule is Fc1cc(Cl)ccc1Oc1ncc(CBr)cn1. The van der Waals surface area contributed by atoms with E-state index in [9.17, 15) is 4.39 Å². The van der Waals surface area contributed by atoms with E-state index in [0.717, 1.165) is 5.56 Å². The average molecular weight is 318 g/mol. The summed E-state index contributed by atoms with van der Waals surface area (Å²) >= 11 is 8.90. The number of ether oxygens (including phenoxy) is 1. The zero-order valence-electron chi connectivity index (χ0n) is 8.53. The van der Waals surface area contributed by atoms with Gasteiger partial charge in [-0.2, -0.15) is 0 Å². The fourth-order valence-corrected chi connectivity index (χ4v) is 1.57. The molecule has 2 aromatic rings. The summed E-state index contributed by atoms with van der Waals surface area (Å²) in [5, 5.41) is 0.966. The highest BCUT2D eigenvalue weighted by Gasteiger charge is 2.07. The van der Waals surface area contributed by atoms with Gasteiger partial charge >= 0.3 is 6.01 Å². The molecule has 6 heteroatoms. The molecule has 0 saturated carbocycles. The molecule has 2 rings (SSSR count). The Morgan fingerprint density at radius 2 is 2.00 bits per heavy atom. The number of hydrogen-bond acceptors (Lipinski definition) is 3. The van der Waals surface area contributed by atoms with Crippen LogP contribution in [0.25, 0.3) is 0 Å². The van der Waals surface area contributed by atoms with Crippen molar-refractivity contribution in [1.29, 1.82) is 0 Å². The summed E-state index contributed by atoms with van der Waals surface area (Å²) in [6.07, 6.45) is 3.20. The van der Waals surface area contributed by atoms with Gasteiger partial charge in [0, 0.05) is 22.7 Å². The van der Waals surface area contributed by atoms with Crippen LogP contribution in [0.5, 0.6) is 11.8 Å². The Balaban J connectivity index is 2.19. The van der Waals surface area contributed by atoms with Gasteiger partial charge in [-0.1, -0.05) is 27.5 Å². The topological polar surface area (TPSA) is 35.0 Å². The number of nitrogens with zero attached hydrogens (tertiary/aromatic N) is 2. The molecular formula is C11H7BrClFN2O. The zero-order chi connectivity index (χ0) is 12.3. The fourth-order valence-electron chi connectivity index (χ4n) is 1.12. The highest BCUT2D eigenvalue weighted by Crippen LogP contribution is 2.24. The second-order valence-electron chi connectivity index (χ2n) is 3.18. The lowest BCUT2D eigenvalue weighted by Crippen LogP contribution is -1.94. The normalized spacial score (nSPS) is 10.3. The van der Waals surface area contributed by atoms with Crippen LogP contribution in [0.1, 0.15) is 5.56 Å². The van der Waals surface area contributed by atoms with E-state index in [1.165, 1.54) is 18.2 Å². The number of alkyl halides is 1. The van der Waals surface area contributed by atoms with Crippen molar-refractivity contribution < 1.29 is 9.13 Å². The van der Waals surface area contributed by atoms with Crippen LogP contribution in [0, 0.1) is 5.82 Å². The number of benzene rings is 1. The van der Waals surface area contributed by atoms with Crippen LogP contribution < -0.4 is 4.74 Å². The molecule has 0 bridgehead atoms. The highest BCUT2D eigenvalue weighted by molar-refractivity contribution is 9.08. The van der Waals surface area contributed by atoms with Crippen molar-refractivity contribution in [2.45, 2.75) is 5.33 Å². The smallest absolute Gasteiger partial charge is 0.321 e. The van der Waals surface area contributed by atoms with E-state index in [4.69, 9.17) is 16.3 Å². The van der Waals surface area contributed by atoms with Crippen LogP contribution in [-0.2, 0) is 5.33 Å². The van der Waals surface area contributed by atoms with Crippen LogP contribution in [0.2, 0.25) is 5.02 Å². The second kappa shape index (κ2) is 5.42. The van der Waals surface area contributed by atoms with E-state index in [2.05, 4.69) is 25.9 Å². The van der Waals surface area contributed by atoms with Gasteiger partial charge in [-0.05, 0) is 23.8 Å². The van der Waals surface area contributed by atoms with E-state index < -0.39 is 5.82 Å². The minimum atomic E-state index is -0.550. The minimum absolute atomic E-state index is 0.0426. The van der Waals surface area contributed by atoms with Gasteiger partial charge in [0.05, 0.1) is 0 Å². The molecule has 0 saturated heterocycles. The van der Waals surface area contributed by atoms with Crippen molar-refractivity contribution in [3.63, 3.8) is 0 Å². The lowest BCUT2D eigenvalue weighted by atomic mass is 10.3. The number of rotatable bonds is 3. The van der Waals surface area contributed by atoms with E-state index in [-0.39, 0.29) is 11.8 Å². The standard InChI is InChI=1S/C11H7BrClFN2O/c12-4-7-5-15-11(16-6-7)17-10-2-1-8(13)3-9(10)14/h1-3,5-6H,4H2. The first kappa shape index (κ1) is 12.3. The van der Waals surface area contributed by atoms with E-state index in [0.29, 0.717) is 10.4 Å². The summed E-state index contributed by atoms with van der Waals surface area (Å²) in [5.74, 6) is -0.508. The molecule has 17 heavy (non-hydrogen) atoms. The number of hydrogen-bond donors (Lipinski definition) is 0. The first-order chi connectivity index (χ1) is 8.19. The van der Waals surface area contributed by atoms with Crippen molar-refractivity contribution in [2.24, 2.45) is 0 Å². The summed E-state index contributed by atoms with van der Waals surface area (Å²) in [6.45, 7) is 0. The molecular weight excluding hydrogens is 310 g/mol. The predicted molar refractivity (Wildman–Crippen MR) is 66.1 cm³/mol. The third-order valence-corrected chi connectivity index (χ3v) is 2.81. The predicted octanol–water partition coefficient (Wildman–Crippen LogP) is 3.96.